The molecule has 0 unspecified atom stereocenters. The first-order chi connectivity index (χ1) is 15.5. The standard InChI is InChI=1S/C25H31FN2O4/c1-18(25(30)27-20-9-4-3-5-10-20)28(16-19-8-6-7-11-23(19)26)24(29)17-32-22-14-12-21(31-2)13-15-22/h6-8,11-15,18,20H,3-5,9-10,16-17H2,1-2H3,(H,27,30)/t18-/m0/s1. The minimum absolute atomic E-state index is 0.0171. The Bertz CT molecular complexity index is 897. The van der Waals surface area contributed by atoms with Crippen molar-refractivity contribution in [1.82, 2.24) is 10.2 Å². The molecule has 0 heterocycles. The molecule has 2 aromatic rings. The smallest absolute Gasteiger partial charge is 0.261 e. The summed E-state index contributed by atoms with van der Waals surface area (Å²) in [6, 6.07) is 12.5. The first kappa shape index (κ1) is 23.6. The maximum absolute atomic E-state index is 14.3. The van der Waals surface area contributed by atoms with Crippen LogP contribution in [-0.4, -0.2) is 42.5 Å². The minimum Gasteiger partial charge on any atom is -0.497 e. The number of nitrogens with one attached hydrogen (secondary N) is 1. The zero-order valence-electron chi connectivity index (χ0n) is 18.7. The Morgan fingerprint density at radius 3 is 2.38 bits per heavy atom. The molecule has 0 bridgehead atoms. The van der Waals surface area contributed by atoms with Gasteiger partial charge in [0.15, 0.2) is 6.61 Å². The molecule has 2 amide bonds. The molecule has 1 aliphatic rings. The van der Waals surface area contributed by atoms with E-state index in [4.69, 9.17) is 9.47 Å². The van der Waals surface area contributed by atoms with Crippen molar-refractivity contribution in [2.75, 3.05) is 13.7 Å². The van der Waals surface area contributed by atoms with Gasteiger partial charge in [-0.2, -0.15) is 0 Å². The van der Waals surface area contributed by atoms with Crippen LogP contribution in [0.15, 0.2) is 48.5 Å². The predicted molar refractivity (Wildman–Crippen MR) is 120 cm³/mol. The molecule has 0 saturated heterocycles. The van der Waals surface area contributed by atoms with E-state index < -0.39 is 17.8 Å². The lowest BCUT2D eigenvalue weighted by atomic mass is 9.95. The Labute approximate surface area is 188 Å². The highest BCUT2D eigenvalue weighted by Crippen LogP contribution is 2.20. The summed E-state index contributed by atoms with van der Waals surface area (Å²) in [6.07, 6.45) is 5.25. The molecule has 6 nitrogen and oxygen atoms in total. The maximum Gasteiger partial charge on any atom is 0.261 e. The number of hydrogen-bond acceptors (Lipinski definition) is 4. The first-order valence-electron chi connectivity index (χ1n) is 11.1. The number of carbonyl (C=O) groups excluding carboxylic acids is 2. The zero-order valence-corrected chi connectivity index (χ0v) is 18.7. The highest BCUT2D eigenvalue weighted by molar-refractivity contribution is 5.88. The second-order valence-electron chi connectivity index (χ2n) is 8.10. The number of rotatable bonds is 9. The predicted octanol–water partition coefficient (Wildman–Crippen LogP) is 4.08. The van der Waals surface area contributed by atoms with Gasteiger partial charge in [-0.25, -0.2) is 4.39 Å². The van der Waals surface area contributed by atoms with Crippen LogP contribution in [0.1, 0.15) is 44.6 Å². The lowest BCUT2D eigenvalue weighted by molar-refractivity contribution is -0.142. The Balaban J connectivity index is 1.70. The molecule has 1 saturated carbocycles. The molecule has 0 radical (unpaired) electrons. The van der Waals surface area contributed by atoms with Gasteiger partial charge in [0.05, 0.1) is 7.11 Å². The van der Waals surface area contributed by atoms with Gasteiger partial charge in [-0.15, -0.1) is 0 Å². The summed E-state index contributed by atoms with van der Waals surface area (Å²) in [4.78, 5) is 27.4. The fraction of sp³-hybridized carbons (Fsp3) is 0.440. The summed E-state index contributed by atoms with van der Waals surface area (Å²) in [5, 5.41) is 3.06. The SMILES string of the molecule is COc1ccc(OCC(=O)N(Cc2ccccc2F)[C@@H](C)C(=O)NC2CCCCC2)cc1. The second kappa shape index (κ2) is 11.5. The van der Waals surface area contributed by atoms with Gasteiger partial charge in [-0.05, 0) is 50.1 Å². The summed E-state index contributed by atoms with van der Waals surface area (Å²) < 4.78 is 25.0. The second-order valence-corrected chi connectivity index (χ2v) is 8.10. The highest BCUT2D eigenvalue weighted by Gasteiger charge is 2.29. The van der Waals surface area contributed by atoms with Gasteiger partial charge in [-0.3, -0.25) is 9.59 Å². The van der Waals surface area contributed by atoms with E-state index in [2.05, 4.69) is 5.32 Å². The Morgan fingerprint density at radius 1 is 1.06 bits per heavy atom. The molecule has 0 spiro atoms. The monoisotopic (exact) mass is 442 g/mol. The van der Waals surface area contributed by atoms with Crippen LogP contribution < -0.4 is 14.8 Å². The van der Waals surface area contributed by atoms with Gasteiger partial charge in [-0.1, -0.05) is 37.5 Å². The molecule has 32 heavy (non-hydrogen) atoms. The number of hydrogen-bond donors (Lipinski definition) is 1. The third-order valence-corrected chi connectivity index (χ3v) is 5.84. The van der Waals surface area contributed by atoms with Crippen molar-refractivity contribution in [3.05, 3.63) is 59.9 Å². The zero-order chi connectivity index (χ0) is 22.9. The average molecular weight is 443 g/mol. The third kappa shape index (κ3) is 6.45. The van der Waals surface area contributed by atoms with Gasteiger partial charge in [0.25, 0.3) is 5.91 Å². The normalized spacial score (nSPS) is 15.0. The number of ether oxygens (including phenoxy) is 2. The van der Waals surface area contributed by atoms with Crippen LogP contribution in [-0.2, 0) is 16.1 Å². The summed E-state index contributed by atoms with van der Waals surface area (Å²) in [7, 11) is 1.57. The van der Waals surface area contributed by atoms with Gasteiger partial charge >= 0.3 is 0 Å². The van der Waals surface area contributed by atoms with Gasteiger partial charge < -0.3 is 19.7 Å². The van der Waals surface area contributed by atoms with E-state index in [-0.39, 0.29) is 25.1 Å². The lowest BCUT2D eigenvalue weighted by Crippen LogP contribution is -2.51. The van der Waals surface area contributed by atoms with Crippen molar-refractivity contribution < 1.29 is 23.5 Å². The minimum atomic E-state index is -0.761. The molecule has 0 aromatic heterocycles. The van der Waals surface area contributed by atoms with Crippen LogP contribution in [0.2, 0.25) is 0 Å². The first-order valence-corrected chi connectivity index (χ1v) is 11.1. The van der Waals surface area contributed by atoms with Crippen molar-refractivity contribution in [3.8, 4) is 11.5 Å². The van der Waals surface area contributed by atoms with Crippen LogP contribution >= 0.6 is 0 Å². The molecule has 2 aromatic carbocycles. The van der Waals surface area contributed by atoms with Gasteiger partial charge in [0.1, 0.15) is 23.4 Å². The quantitative estimate of drug-likeness (QED) is 0.636. The van der Waals surface area contributed by atoms with Crippen molar-refractivity contribution >= 4 is 11.8 Å². The van der Waals surface area contributed by atoms with E-state index in [1.807, 2.05) is 0 Å². The topological polar surface area (TPSA) is 67.9 Å². The van der Waals surface area contributed by atoms with Crippen LogP contribution in [0.5, 0.6) is 11.5 Å². The van der Waals surface area contributed by atoms with E-state index in [0.29, 0.717) is 17.1 Å². The van der Waals surface area contributed by atoms with E-state index in [1.54, 1.807) is 56.5 Å². The van der Waals surface area contributed by atoms with Crippen LogP contribution in [0.4, 0.5) is 4.39 Å². The van der Waals surface area contributed by atoms with Gasteiger partial charge in [0, 0.05) is 18.2 Å². The summed E-state index contributed by atoms with van der Waals surface area (Å²) in [6.45, 7) is 1.39. The molecule has 7 heteroatoms. The van der Waals surface area contributed by atoms with Crippen LogP contribution in [0.3, 0.4) is 0 Å². The molecule has 1 aliphatic carbocycles. The number of carbonyl (C=O) groups is 2. The van der Waals surface area contributed by atoms with Crippen molar-refractivity contribution in [1.29, 1.82) is 0 Å². The Kier molecular flexibility index (Phi) is 8.48. The summed E-state index contributed by atoms with van der Waals surface area (Å²) in [5.74, 6) is 0.143. The lowest BCUT2D eigenvalue weighted by Gasteiger charge is -2.31. The fourth-order valence-electron chi connectivity index (χ4n) is 3.86. The van der Waals surface area contributed by atoms with E-state index in [0.717, 1.165) is 25.7 Å². The molecule has 0 aliphatic heterocycles. The molecule has 172 valence electrons. The van der Waals surface area contributed by atoms with Crippen LogP contribution in [0.25, 0.3) is 0 Å². The largest absolute Gasteiger partial charge is 0.497 e. The number of methoxy groups -OCH3 is 1. The number of benzene rings is 2. The molecule has 3 rings (SSSR count). The van der Waals surface area contributed by atoms with Gasteiger partial charge in [0.2, 0.25) is 5.91 Å². The van der Waals surface area contributed by atoms with Crippen LogP contribution in [0, 0.1) is 5.82 Å². The fourth-order valence-corrected chi connectivity index (χ4v) is 3.86. The van der Waals surface area contributed by atoms with E-state index >= 15 is 0 Å². The average Bonchev–Trinajstić information content (AvgIpc) is 2.82. The van der Waals surface area contributed by atoms with Crippen molar-refractivity contribution in [2.45, 2.75) is 57.7 Å². The third-order valence-electron chi connectivity index (χ3n) is 5.84. The number of nitrogens with zero attached hydrogens (tertiary/aromatic N) is 1. The molecular formula is C25H31FN2O4. The van der Waals surface area contributed by atoms with E-state index in [1.165, 1.54) is 17.4 Å². The van der Waals surface area contributed by atoms with Crippen molar-refractivity contribution in [3.63, 3.8) is 0 Å². The highest BCUT2D eigenvalue weighted by atomic mass is 19.1. The molecule has 1 fully saturated rings. The number of amides is 2. The summed E-state index contributed by atoms with van der Waals surface area (Å²) in [5.41, 5.74) is 0.350. The Morgan fingerprint density at radius 2 is 1.72 bits per heavy atom. The van der Waals surface area contributed by atoms with E-state index in [9.17, 15) is 14.0 Å². The number of halogens is 1. The molecule has 1 N–H and O–H groups in total. The maximum atomic E-state index is 14.3. The summed E-state index contributed by atoms with van der Waals surface area (Å²) >= 11 is 0. The Hall–Kier alpha value is -3.09. The molecule has 1 atom stereocenters. The van der Waals surface area contributed by atoms with Crippen molar-refractivity contribution in [2.24, 2.45) is 0 Å². The molecular weight excluding hydrogens is 411 g/mol.